The number of rotatable bonds is 4. The molecule has 0 unspecified atom stereocenters. The van der Waals surface area contributed by atoms with E-state index in [0.717, 1.165) is 18.2 Å². The summed E-state index contributed by atoms with van der Waals surface area (Å²) in [5, 5.41) is 9.32. The molecule has 1 saturated carbocycles. The topological polar surface area (TPSA) is 27.0 Å². The minimum atomic E-state index is 0.489. The summed E-state index contributed by atoms with van der Waals surface area (Å²) in [7, 11) is 0. The molecule has 2 rings (SSSR count). The Balaban J connectivity index is 2.20. The van der Waals surface area contributed by atoms with Crippen molar-refractivity contribution < 1.29 is 0 Å². The summed E-state index contributed by atoms with van der Waals surface area (Å²) < 4.78 is 0. The Hall–Kier alpha value is -1.64. The zero-order chi connectivity index (χ0) is 12.3. The molecule has 1 aliphatic carbocycles. The lowest BCUT2D eigenvalue weighted by atomic mass is 10.2. The molecule has 0 radical (unpaired) electrons. The molecular formula is C14H13ClN2. The van der Waals surface area contributed by atoms with Crippen LogP contribution in [-0.4, -0.2) is 13.1 Å². The average Bonchev–Trinajstić information content (AvgIpc) is 3.12. The third-order valence-corrected chi connectivity index (χ3v) is 3.21. The summed E-state index contributed by atoms with van der Waals surface area (Å²) in [5.41, 5.74) is 1.50. The van der Waals surface area contributed by atoms with Crippen LogP contribution in [0.15, 0.2) is 18.2 Å². The number of hydrogen-bond acceptors (Lipinski definition) is 2. The maximum atomic E-state index is 8.83. The van der Waals surface area contributed by atoms with Gasteiger partial charge in [-0.15, -0.1) is 6.42 Å². The molecule has 0 amide bonds. The van der Waals surface area contributed by atoms with Crippen LogP contribution in [0.5, 0.6) is 0 Å². The molecule has 0 spiro atoms. The molecule has 1 aromatic rings. The van der Waals surface area contributed by atoms with Crippen molar-refractivity contribution in [3.05, 3.63) is 28.8 Å². The number of hydrogen-bond donors (Lipinski definition) is 0. The van der Waals surface area contributed by atoms with Crippen molar-refractivity contribution in [2.24, 2.45) is 5.92 Å². The van der Waals surface area contributed by atoms with Gasteiger partial charge in [0.05, 0.1) is 17.1 Å². The van der Waals surface area contributed by atoms with Crippen molar-refractivity contribution in [3.63, 3.8) is 0 Å². The van der Waals surface area contributed by atoms with E-state index in [-0.39, 0.29) is 0 Å². The standard InChI is InChI=1S/C14H13ClN2/c1-2-7-17(10-11-3-4-11)13-6-5-12(9-16)14(15)8-13/h1,5-6,8,11H,3-4,7,10H2. The second-order valence-electron chi connectivity index (χ2n) is 4.30. The van der Waals surface area contributed by atoms with E-state index in [2.05, 4.69) is 16.9 Å². The smallest absolute Gasteiger partial charge is 0.101 e. The van der Waals surface area contributed by atoms with Crippen LogP contribution in [0.4, 0.5) is 5.69 Å². The van der Waals surface area contributed by atoms with E-state index in [9.17, 15) is 0 Å². The predicted molar refractivity (Wildman–Crippen MR) is 69.9 cm³/mol. The molecule has 0 aromatic heterocycles. The summed E-state index contributed by atoms with van der Waals surface area (Å²) in [6, 6.07) is 7.53. The van der Waals surface area contributed by atoms with Crippen LogP contribution in [0.1, 0.15) is 18.4 Å². The van der Waals surface area contributed by atoms with Gasteiger partial charge in [0.15, 0.2) is 0 Å². The van der Waals surface area contributed by atoms with Gasteiger partial charge < -0.3 is 4.90 Å². The van der Waals surface area contributed by atoms with Gasteiger partial charge in [0.25, 0.3) is 0 Å². The molecule has 0 bridgehead atoms. The largest absolute Gasteiger partial charge is 0.360 e. The molecule has 2 nitrogen and oxygen atoms in total. The van der Waals surface area contributed by atoms with Gasteiger partial charge in [0, 0.05) is 12.2 Å². The van der Waals surface area contributed by atoms with E-state index < -0.39 is 0 Å². The van der Waals surface area contributed by atoms with Gasteiger partial charge >= 0.3 is 0 Å². The van der Waals surface area contributed by atoms with E-state index in [1.807, 2.05) is 12.1 Å². The van der Waals surface area contributed by atoms with Gasteiger partial charge in [-0.05, 0) is 37.0 Å². The lowest BCUT2D eigenvalue weighted by Gasteiger charge is -2.22. The van der Waals surface area contributed by atoms with Crippen molar-refractivity contribution >= 4 is 17.3 Å². The molecule has 1 aliphatic rings. The summed E-state index contributed by atoms with van der Waals surface area (Å²) in [4.78, 5) is 2.14. The molecule has 86 valence electrons. The van der Waals surface area contributed by atoms with E-state index in [0.29, 0.717) is 17.1 Å². The lowest BCUT2D eigenvalue weighted by molar-refractivity contribution is 0.765. The Kier molecular flexibility index (Phi) is 3.57. The number of halogens is 1. The Morgan fingerprint density at radius 1 is 1.47 bits per heavy atom. The van der Waals surface area contributed by atoms with Crippen molar-refractivity contribution in [2.45, 2.75) is 12.8 Å². The Morgan fingerprint density at radius 3 is 2.76 bits per heavy atom. The first kappa shape index (κ1) is 11.8. The number of terminal acetylenes is 1. The van der Waals surface area contributed by atoms with Gasteiger partial charge in [-0.25, -0.2) is 0 Å². The highest BCUT2D eigenvalue weighted by molar-refractivity contribution is 6.32. The lowest BCUT2D eigenvalue weighted by Crippen LogP contribution is -2.25. The van der Waals surface area contributed by atoms with Crippen LogP contribution in [0.2, 0.25) is 5.02 Å². The average molecular weight is 245 g/mol. The van der Waals surface area contributed by atoms with Crippen LogP contribution in [0.25, 0.3) is 0 Å². The Bertz CT molecular complexity index is 492. The highest BCUT2D eigenvalue weighted by Gasteiger charge is 2.24. The minimum absolute atomic E-state index is 0.489. The second kappa shape index (κ2) is 5.13. The maximum absolute atomic E-state index is 8.83. The van der Waals surface area contributed by atoms with E-state index in [1.54, 1.807) is 6.07 Å². The van der Waals surface area contributed by atoms with Crippen LogP contribution in [0.3, 0.4) is 0 Å². The predicted octanol–water partition coefficient (Wildman–Crippen LogP) is 3.06. The molecular weight excluding hydrogens is 232 g/mol. The van der Waals surface area contributed by atoms with Gasteiger partial charge in [0.2, 0.25) is 0 Å². The quantitative estimate of drug-likeness (QED) is 0.762. The zero-order valence-corrected chi connectivity index (χ0v) is 10.2. The normalized spacial score (nSPS) is 13.8. The molecule has 1 aromatic carbocycles. The number of nitrogens with zero attached hydrogens (tertiary/aromatic N) is 2. The van der Waals surface area contributed by atoms with Crippen LogP contribution in [-0.2, 0) is 0 Å². The highest BCUT2D eigenvalue weighted by Crippen LogP contribution is 2.32. The van der Waals surface area contributed by atoms with Gasteiger partial charge in [0.1, 0.15) is 6.07 Å². The fourth-order valence-electron chi connectivity index (χ4n) is 1.77. The fourth-order valence-corrected chi connectivity index (χ4v) is 1.99. The highest BCUT2D eigenvalue weighted by atomic mass is 35.5. The summed E-state index contributed by atoms with van der Waals surface area (Å²) in [6.07, 6.45) is 7.95. The Labute approximate surface area is 107 Å². The van der Waals surface area contributed by atoms with Gasteiger partial charge in [-0.1, -0.05) is 17.5 Å². The summed E-state index contributed by atoms with van der Waals surface area (Å²) in [6.45, 7) is 1.56. The molecule has 0 saturated heterocycles. The van der Waals surface area contributed by atoms with Crippen molar-refractivity contribution in [2.75, 3.05) is 18.0 Å². The molecule has 3 heteroatoms. The van der Waals surface area contributed by atoms with Crippen LogP contribution in [0, 0.1) is 29.6 Å². The molecule has 0 heterocycles. The van der Waals surface area contributed by atoms with Crippen molar-refractivity contribution in [1.29, 1.82) is 5.26 Å². The van der Waals surface area contributed by atoms with E-state index >= 15 is 0 Å². The summed E-state index contributed by atoms with van der Waals surface area (Å²) >= 11 is 6.03. The Morgan fingerprint density at radius 2 is 2.24 bits per heavy atom. The van der Waals surface area contributed by atoms with Crippen molar-refractivity contribution in [3.8, 4) is 18.4 Å². The van der Waals surface area contributed by atoms with Crippen LogP contribution < -0.4 is 4.90 Å². The fraction of sp³-hybridized carbons (Fsp3) is 0.357. The van der Waals surface area contributed by atoms with Gasteiger partial charge in [-0.2, -0.15) is 5.26 Å². The molecule has 17 heavy (non-hydrogen) atoms. The molecule has 0 N–H and O–H groups in total. The SMILES string of the molecule is C#CCN(CC1CC1)c1ccc(C#N)c(Cl)c1. The van der Waals surface area contributed by atoms with Crippen LogP contribution >= 0.6 is 11.6 Å². The number of benzene rings is 1. The second-order valence-corrected chi connectivity index (χ2v) is 4.71. The van der Waals surface area contributed by atoms with Crippen molar-refractivity contribution in [1.82, 2.24) is 0 Å². The minimum Gasteiger partial charge on any atom is -0.360 e. The molecule has 0 aliphatic heterocycles. The number of nitriles is 1. The third-order valence-electron chi connectivity index (χ3n) is 2.90. The molecule has 1 fully saturated rings. The number of anilines is 1. The maximum Gasteiger partial charge on any atom is 0.101 e. The summed E-state index contributed by atoms with van der Waals surface area (Å²) in [5.74, 6) is 3.43. The monoisotopic (exact) mass is 244 g/mol. The first-order valence-electron chi connectivity index (χ1n) is 5.62. The van der Waals surface area contributed by atoms with Gasteiger partial charge in [-0.3, -0.25) is 0 Å². The first-order chi connectivity index (χ1) is 8.24. The van der Waals surface area contributed by atoms with E-state index in [4.69, 9.17) is 23.3 Å². The third kappa shape index (κ3) is 2.93. The van der Waals surface area contributed by atoms with E-state index in [1.165, 1.54) is 12.8 Å². The first-order valence-corrected chi connectivity index (χ1v) is 6.00. The zero-order valence-electron chi connectivity index (χ0n) is 9.49. The molecule has 0 atom stereocenters.